The zero-order chi connectivity index (χ0) is 19.8. The molecule has 0 spiro atoms. The largest absolute Gasteiger partial charge is 0.489 e. The molecule has 0 heterocycles. The minimum absolute atomic E-state index is 0.138. The van der Waals surface area contributed by atoms with Crippen LogP contribution in [0.5, 0.6) is 5.75 Å². The van der Waals surface area contributed by atoms with Crippen molar-refractivity contribution in [2.24, 2.45) is 5.10 Å². The van der Waals surface area contributed by atoms with Gasteiger partial charge in [-0.15, -0.1) is 0 Å². The van der Waals surface area contributed by atoms with Crippen LogP contribution >= 0.6 is 0 Å². The summed E-state index contributed by atoms with van der Waals surface area (Å²) in [5.41, 5.74) is 7.83. The van der Waals surface area contributed by atoms with E-state index in [0.29, 0.717) is 13.0 Å². The number of carbonyl (C=O) groups excluding carboxylic acids is 1. The van der Waals surface area contributed by atoms with Crippen molar-refractivity contribution in [2.75, 3.05) is 0 Å². The van der Waals surface area contributed by atoms with Gasteiger partial charge in [0.2, 0.25) is 5.91 Å². The number of hydrazone groups is 1. The first-order valence-electron chi connectivity index (χ1n) is 9.25. The molecular formula is C24H24N2O2. The van der Waals surface area contributed by atoms with Crippen molar-refractivity contribution < 1.29 is 9.53 Å². The molecular weight excluding hydrogens is 348 g/mol. The Hall–Kier alpha value is -3.40. The van der Waals surface area contributed by atoms with Gasteiger partial charge in [-0.25, -0.2) is 5.43 Å². The molecule has 3 aromatic carbocycles. The Labute approximate surface area is 165 Å². The van der Waals surface area contributed by atoms with Crippen LogP contribution in [0.15, 0.2) is 77.9 Å². The molecule has 0 atom stereocenters. The minimum Gasteiger partial charge on any atom is -0.489 e. The number of amides is 1. The van der Waals surface area contributed by atoms with E-state index in [1.165, 1.54) is 0 Å². The van der Waals surface area contributed by atoms with Crippen molar-refractivity contribution >= 4 is 12.1 Å². The molecule has 0 aliphatic rings. The Morgan fingerprint density at radius 3 is 2.64 bits per heavy atom. The molecule has 0 aromatic heterocycles. The molecule has 1 amide bonds. The van der Waals surface area contributed by atoms with Crippen LogP contribution in [0.25, 0.3) is 0 Å². The number of hydrogen-bond acceptors (Lipinski definition) is 3. The summed E-state index contributed by atoms with van der Waals surface area (Å²) >= 11 is 0. The van der Waals surface area contributed by atoms with Gasteiger partial charge in [-0.1, -0.05) is 66.2 Å². The highest BCUT2D eigenvalue weighted by atomic mass is 16.5. The smallest absolute Gasteiger partial charge is 0.244 e. The Balaban J connectivity index is 1.54. The van der Waals surface area contributed by atoms with Crippen molar-refractivity contribution in [1.29, 1.82) is 0 Å². The van der Waals surface area contributed by atoms with Crippen LogP contribution in [0.3, 0.4) is 0 Å². The lowest BCUT2D eigenvalue weighted by atomic mass is 10.0. The molecule has 4 nitrogen and oxygen atoms in total. The average Bonchev–Trinajstić information content (AvgIpc) is 2.70. The van der Waals surface area contributed by atoms with Crippen LogP contribution < -0.4 is 10.2 Å². The number of ether oxygens (including phenoxy) is 1. The van der Waals surface area contributed by atoms with Crippen molar-refractivity contribution in [3.05, 3.63) is 101 Å². The zero-order valence-corrected chi connectivity index (χ0v) is 16.2. The molecule has 28 heavy (non-hydrogen) atoms. The van der Waals surface area contributed by atoms with Crippen molar-refractivity contribution in [2.45, 2.75) is 26.9 Å². The number of carbonyl (C=O) groups is 1. The second-order valence-electron chi connectivity index (χ2n) is 6.75. The Kier molecular flexibility index (Phi) is 6.58. The molecule has 4 heteroatoms. The summed E-state index contributed by atoms with van der Waals surface area (Å²) in [6.45, 7) is 4.53. The highest BCUT2D eigenvalue weighted by Gasteiger charge is 2.05. The summed E-state index contributed by atoms with van der Waals surface area (Å²) in [5.74, 6) is 0.621. The first kappa shape index (κ1) is 19.4. The molecule has 0 fully saturated rings. The lowest BCUT2D eigenvalue weighted by Crippen LogP contribution is -2.20. The summed E-state index contributed by atoms with van der Waals surface area (Å²) < 4.78 is 5.81. The van der Waals surface area contributed by atoms with Gasteiger partial charge in [0, 0.05) is 0 Å². The van der Waals surface area contributed by atoms with E-state index in [1.807, 2.05) is 86.6 Å². The van der Waals surface area contributed by atoms with Gasteiger partial charge in [0.05, 0.1) is 12.6 Å². The minimum atomic E-state index is -0.138. The lowest BCUT2D eigenvalue weighted by Gasteiger charge is -2.07. The zero-order valence-electron chi connectivity index (χ0n) is 16.2. The fraction of sp³-hybridized carbons (Fsp3) is 0.167. The number of aryl methyl sites for hydroxylation is 2. The summed E-state index contributed by atoms with van der Waals surface area (Å²) in [7, 11) is 0. The Bertz CT molecular complexity index is 965. The second-order valence-corrected chi connectivity index (χ2v) is 6.75. The molecule has 0 aliphatic carbocycles. The standard InChI is InChI=1S/C24H24N2O2/c1-18-11-12-19(2)22(13-18)15-24(27)26-25-16-21-9-6-10-23(14-21)28-17-20-7-4-3-5-8-20/h3-14,16H,15,17H2,1-2H3,(H,26,27)/b25-16-. The van der Waals surface area contributed by atoms with Crippen molar-refractivity contribution in [1.82, 2.24) is 5.43 Å². The van der Waals surface area contributed by atoms with Gasteiger partial charge in [0.15, 0.2) is 0 Å². The molecule has 1 N–H and O–H groups in total. The average molecular weight is 372 g/mol. The number of benzene rings is 3. The van der Waals surface area contributed by atoms with Crippen LogP contribution in [0.1, 0.15) is 27.8 Å². The maximum atomic E-state index is 12.1. The number of rotatable bonds is 7. The van der Waals surface area contributed by atoms with E-state index in [1.54, 1.807) is 6.21 Å². The quantitative estimate of drug-likeness (QED) is 0.488. The number of nitrogens with one attached hydrogen (secondary N) is 1. The molecule has 3 aromatic rings. The summed E-state index contributed by atoms with van der Waals surface area (Å²) in [5, 5.41) is 4.07. The van der Waals surface area contributed by atoms with Gasteiger partial charge in [-0.05, 0) is 48.2 Å². The summed E-state index contributed by atoms with van der Waals surface area (Å²) in [6.07, 6.45) is 1.93. The third-order valence-corrected chi connectivity index (χ3v) is 4.36. The van der Waals surface area contributed by atoms with Gasteiger partial charge in [0.25, 0.3) is 0 Å². The predicted octanol–water partition coefficient (Wildman–Crippen LogP) is 4.58. The van der Waals surface area contributed by atoms with E-state index in [4.69, 9.17) is 4.74 Å². The monoisotopic (exact) mass is 372 g/mol. The molecule has 0 unspecified atom stereocenters. The van der Waals surface area contributed by atoms with Crippen LogP contribution in [0.2, 0.25) is 0 Å². The maximum Gasteiger partial charge on any atom is 0.244 e. The highest BCUT2D eigenvalue weighted by molar-refractivity contribution is 5.83. The molecule has 0 aliphatic heterocycles. The van der Waals surface area contributed by atoms with E-state index in [-0.39, 0.29) is 5.91 Å². The molecule has 3 rings (SSSR count). The van der Waals surface area contributed by atoms with E-state index >= 15 is 0 Å². The topological polar surface area (TPSA) is 50.7 Å². The Morgan fingerprint density at radius 2 is 1.82 bits per heavy atom. The van der Waals surface area contributed by atoms with Gasteiger partial charge in [-0.2, -0.15) is 5.10 Å². The fourth-order valence-corrected chi connectivity index (χ4v) is 2.81. The fourth-order valence-electron chi connectivity index (χ4n) is 2.81. The summed E-state index contributed by atoms with van der Waals surface area (Å²) in [4.78, 5) is 12.1. The highest BCUT2D eigenvalue weighted by Crippen LogP contribution is 2.14. The third-order valence-electron chi connectivity index (χ3n) is 4.36. The van der Waals surface area contributed by atoms with Gasteiger partial charge in [-0.3, -0.25) is 4.79 Å². The van der Waals surface area contributed by atoms with Crippen LogP contribution in [0, 0.1) is 13.8 Å². The van der Waals surface area contributed by atoms with Crippen molar-refractivity contribution in [3.8, 4) is 5.75 Å². The first-order valence-corrected chi connectivity index (χ1v) is 9.25. The van der Waals surface area contributed by atoms with E-state index in [9.17, 15) is 4.79 Å². The predicted molar refractivity (Wildman–Crippen MR) is 113 cm³/mol. The Morgan fingerprint density at radius 1 is 1.00 bits per heavy atom. The maximum absolute atomic E-state index is 12.1. The lowest BCUT2D eigenvalue weighted by molar-refractivity contribution is -0.120. The third kappa shape index (κ3) is 5.81. The van der Waals surface area contributed by atoms with E-state index in [0.717, 1.165) is 33.6 Å². The molecule has 0 bridgehead atoms. The number of nitrogens with zero attached hydrogens (tertiary/aromatic N) is 1. The van der Waals surface area contributed by atoms with Crippen LogP contribution in [0.4, 0.5) is 0 Å². The van der Waals surface area contributed by atoms with Crippen LogP contribution in [-0.2, 0) is 17.8 Å². The van der Waals surface area contributed by atoms with Gasteiger partial charge < -0.3 is 4.74 Å². The normalized spacial score (nSPS) is 10.8. The van der Waals surface area contributed by atoms with E-state index in [2.05, 4.69) is 10.5 Å². The second kappa shape index (κ2) is 9.51. The molecule has 0 saturated heterocycles. The molecule has 142 valence electrons. The van der Waals surface area contributed by atoms with Gasteiger partial charge >= 0.3 is 0 Å². The van der Waals surface area contributed by atoms with E-state index < -0.39 is 0 Å². The SMILES string of the molecule is Cc1ccc(C)c(CC(=O)N/N=C\c2cccc(OCc3ccccc3)c2)c1. The van der Waals surface area contributed by atoms with Gasteiger partial charge in [0.1, 0.15) is 12.4 Å². The summed E-state index contributed by atoms with van der Waals surface area (Å²) in [6, 6.07) is 23.7. The van der Waals surface area contributed by atoms with Crippen LogP contribution in [-0.4, -0.2) is 12.1 Å². The molecule has 0 saturated carbocycles. The first-order chi connectivity index (χ1) is 13.6. The van der Waals surface area contributed by atoms with Crippen molar-refractivity contribution in [3.63, 3.8) is 0 Å². The molecule has 0 radical (unpaired) electrons. The number of hydrogen-bond donors (Lipinski definition) is 1.